The summed E-state index contributed by atoms with van der Waals surface area (Å²) in [5.41, 5.74) is 2.51. The topological polar surface area (TPSA) is 0 Å². The molecule has 0 heterocycles. The van der Waals surface area contributed by atoms with E-state index in [1.54, 1.807) is 0 Å². The largest absolute Gasteiger partial charge is 0.118 e. The summed E-state index contributed by atoms with van der Waals surface area (Å²) in [6.07, 6.45) is 2.08. The van der Waals surface area contributed by atoms with E-state index in [1.165, 1.54) is 11.1 Å². The Kier molecular flexibility index (Phi) is 2.37. The van der Waals surface area contributed by atoms with Crippen molar-refractivity contribution in [1.29, 1.82) is 0 Å². The standard InChI is InChI=1S/C9H7BrCl2/c10-8-4-5(11)3-7-6(8)1-2-9(7)12/h3-4,9H,1-2H2. The van der Waals surface area contributed by atoms with Crippen LogP contribution < -0.4 is 0 Å². The lowest BCUT2D eigenvalue weighted by Gasteiger charge is -2.04. The fourth-order valence-corrected chi connectivity index (χ4v) is 2.93. The van der Waals surface area contributed by atoms with Crippen molar-refractivity contribution in [3.05, 3.63) is 32.8 Å². The Labute approximate surface area is 90.0 Å². The number of benzene rings is 1. The van der Waals surface area contributed by atoms with Gasteiger partial charge in [0.2, 0.25) is 0 Å². The summed E-state index contributed by atoms with van der Waals surface area (Å²) in [5.74, 6) is 0. The van der Waals surface area contributed by atoms with E-state index in [-0.39, 0.29) is 5.38 Å². The van der Waals surface area contributed by atoms with E-state index in [1.807, 2.05) is 12.1 Å². The van der Waals surface area contributed by atoms with Crippen LogP contribution in [0, 0.1) is 0 Å². The molecule has 0 amide bonds. The SMILES string of the molecule is Clc1cc(Br)c2c(c1)C(Cl)CC2. The van der Waals surface area contributed by atoms with Gasteiger partial charge >= 0.3 is 0 Å². The number of hydrogen-bond acceptors (Lipinski definition) is 0. The smallest absolute Gasteiger partial charge is 0.0592 e. The quantitative estimate of drug-likeness (QED) is 0.613. The fourth-order valence-electron chi connectivity index (χ4n) is 1.59. The summed E-state index contributed by atoms with van der Waals surface area (Å²) in [6.45, 7) is 0. The molecule has 0 saturated carbocycles. The molecule has 1 aromatic rings. The lowest BCUT2D eigenvalue weighted by atomic mass is 10.1. The van der Waals surface area contributed by atoms with E-state index in [0.29, 0.717) is 0 Å². The van der Waals surface area contributed by atoms with Crippen LogP contribution in [0.2, 0.25) is 5.02 Å². The van der Waals surface area contributed by atoms with E-state index < -0.39 is 0 Å². The minimum absolute atomic E-state index is 0.148. The zero-order valence-electron chi connectivity index (χ0n) is 6.28. The average Bonchev–Trinajstić information content (AvgIpc) is 2.33. The molecule has 1 unspecified atom stereocenters. The molecule has 3 heteroatoms. The highest BCUT2D eigenvalue weighted by Gasteiger charge is 2.22. The monoisotopic (exact) mass is 264 g/mol. The number of halogens is 3. The van der Waals surface area contributed by atoms with Crippen LogP contribution in [0.25, 0.3) is 0 Å². The second kappa shape index (κ2) is 3.21. The first-order valence-corrected chi connectivity index (χ1v) is 5.41. The molecule has 64 valence electrons. The molecule has 0 spiro atoms. The summed E-state index contributed by atoms with van der Waals surface area (Å²) >= 11 is 15.5. The van der Waals surface area contributed by atoms with Crippen molar-refractivity contribution in [2.45, 2.75) is 18.2 Å². The van der Waals surface area contributed by atoms with Gasteiger partial charge in [0.05, 0.1) is 5.38 Å². The van der Waals surface area contributed by atoms with Gasteiger partial charge in [-0.25, -0.2) is 0 Å². The van der Waals surface area contributed by atoms with Gasteiger partial charge in [-0.05, 0) is 36.1 Å². The van der Waals surface area contributed by atoms with Crippen LogP contribution in [0.4, 0.5) is 0 Å². The van der Waals surface area contributed by atoms with Crippen LogP contribution in [0.1, 0.15) is 22.9 Å². The molecule has 1 aliphatic rings. The maximum atomic E-state index is 6.11. The second-order valence-corrected chi connectivity index (χ2v) is 4.78. The molecule has 0 N–H and O–H groups in total. The van der Waals surface area contributed by atoms with Gasteiger partial charge in [0, 0.05) is 9.50 Å². The first kappa shape index (κ1) is 8.86. The molecule has 1 aliphatic carbocycles. The highest BCUT2D eigenvalue weighted by atomic mass is 79.9. The Bertz CT molecular complexity index is 323. The summed E-state index contributed by atoms with van der Waals surface area (Å²) in [4.78, 5) is 0. The van der Waals surface area contributed by atoms with Gasteiger partial charge < -0.3 is 0 Å². The van der Waals surface area contributed by atoms with Crippen molar-refractivity contribution in [3.8, 4) is 0 Å². The predicted octanol–water partition coefficient (Wildman–Crippen LogP) is 4.33. The van der Waals surface area contributed by atoms with E-state index in [9.17, 15) is 0 Å². The number of fused-ring (bicyclic) bond motifs is 1. The Morgan fingerprint density at radius 1 is 1.42 bits per heavy atom. The van der Waals surface area contributed by atoms with Crippen LogP contribution in [-0.4, -0.2) is 0 Å². The second-order valence-electron chi connectivity index (χ2n) is 2.96. The van der Waals surface area contributed by atoms with Gasteiger partial charge in [-0.2, -0.15) is 0 Å². The van der Waals surface area contributed by atoms with Crippen LogP contribution >= 0.6 is 39.1 Å². The number of rotatable bonds is 0. The molecule has 0 aliphatic heterocycles. The Morgan fingerprint density at radius 3 is 2.92 bits per heavy atom. The van der Waals surface area contributed by atoms with E-state index in [0.717, 1.165) is 22.3 Å². The molecule has 0 fully saturated rings. The fraction of sp³-hybridized carbons (Fsp3) is 0.333. The molecular formula is C9H7BrCl2. The molecule has 0 radical (unpaired) electrons. The molecule has 0 saturated heterocycles. The molecule has 2 rings (SSSR count). The van der Waals surface area contributed by atoms with Crippen molar-refractivity contribution in [2.24, 2.45) is 0 Å². The molecule has 1 aromatic carbocycles. The van der Waals surface area contributed by atoms with Gasteiger partial charge in [0.25, 0.3) is 0 Å². The molecule has 0 nitrogen and oxygen atoms in total. The summed E-state index contributed by atoms with van der Waals surface area (Å²) in [5, 5.41) is 0.906. The zero-order valence-corrected chi connectivity index (χ0v) is 9.38. The molecule has 1 atom stereocenters. The molecular weight excluding hydrogens is 259 g/mol. The summed E-state index contributed by atoms with van der Waals surface area (Å²) < 4.78 is 1.09. The van der Waals surface area contributed by atoms with Crippen LogP contribution in [0.5, 0.6) is 0 Å². The van der Waals surface area contributed by atoms with Crippen molar-refractivity contribution in [1.82, 2.24) is 0 Å². The Hall–Kier alpha value is 0.280. The highest BCUT2D eigenvalue weighted by Crippen LogP contribution is 2.41. The summed E-state index contributed by atoms with van der Waals surface area (Å²) in [7, 11) is 0. The van der Waals surface area contributed by atoms with Crippen molar-refractivity contribution >= 4 is 39.1 Å². The lowest BCUT2D eigenvalue weighted by Crippen LogP contribution is -1.85. The number of alkyl halides is 1. The van der Waals surface area contributed by atoms with Crippen LogP contribution in [-0.2, 0) is 6.42 Å². The minimum Gasteiger partial charge on any atom is -0.118 e. The van der Waals surface area contributed by atoms with Gasteiger partial charge in [0.1, 0.15) is 0 Å². The summed E-state index contributed by atoms with van der Waals surface area (Å²) in [6, 6.07) is 3.89. The molecule has 0 bridgehead atoms. The van der Waals surface area contributed by atoms with Gasteiger partial charge in [-0.3, -0.25) is 0 Å². The first-order chi connectivity index (χ1) is 5.68. The average molecular weight is 266 g/mol. The third-order valence-electron chi connectivity index (χ3n) is 2.18. The van der Waals surface area contributed by atoms with Crippen LogP contribution in [0.3, 0.4) is 0 Å². The normalized spacial score (nSPS) is 21.1. The van der Waals surface area contributed by atoms with E-state index in [2.05, 4.69) is 15.9 Å². The Morgan fingerprint density at radius 2 is 2.17 bits per heavy atom. The minimum atomic E-state index is 0.148. The lowest BCUT2D eigenvalue weighted by molar-refractivity contribution is 0.881. The predicted molar refractivity (Wildman–Crippen MR) is 56.1 cm³/mol. The third kappa shape index (κ3) is 1.39. The Balaban J connectivity index is 2.60. The van der Waals surface area contributed by atoms with Crippen molar-refractivity contribution in [2.75, 3.05) is 0 Å². The third-order valence-corrected chi connectivity index (χ3v) is 3.56. The van der Waals surface area contributed by atoms with Gasteiger partial charge in [-0.1, -0.05) is 27.5 Å². The molecule has 0 aromatic heterocycles. The number of hydrogen-bond donors (Lipinski definition) is 0. The van der Waals surface area contributed by atoms with E-state index >= 15 is 0 Å². The molecule has 12 heavy (non-hydrogen) atoms. The van der Waals surface area contributed by atoms with Gasteiger partial charge in [0.15, 0.2) is 0 Å². The van der Waals surface area contributed by atoms with Crippen LogP contribution in [0.15, 0.2) is 16.6 Å². The highest BCUT2D eigenvalue weighted by molar-refractivity contribution is 9.10. The van der Waals surface area contributed by atoms with Crippen molar-refractivity contribution < 1.29 is 0 Å². The first-order valence-electron chi connectivity index (χ1n) is 3.80. The van der Waals surface area contributed by atoms with Crippen molar-refractivity contribution in [3.63, 3.8) is 0 Å². The maximum Gasteiger partial charge on any atom is 0.0592 e. The van der Waals surface area contributed by atoms with Gasteiger partial charge in [-0.15, -0.1) is 11.6 Å². The zero-order chi connectivity index (χ0) is 8.72. The van der Waals surface area contributed by atoms with E-state index in [4.69, 9.17) is 23.2 Å². The maximum absolute atomic E-state index is 6.11.